The third-order valence-corrected chi connectivity index (χ3v) is 3.36. The van der Waals surface area contributed by atoms with Gasteiger partial charge in [-0.25, -0.2) is 0 Å². The zero-order valence-electron chi connectivity index (χ0n) is 10.7. The molecular weight excluding hydrogens is 242 g/mol. The molecule has 98 valence electrons. The lowest BCUT2D eigenvalue weighted by Crippen LogP contribution is -2.03. The predicted octanol–water partition coefficient (Wildman–Crippen LogP) is 2.11. The molecule has 1 aliphatic heterocycles. The summed E-state index contributed by atoms with van der Waals surface area (Å²) in [6.07, 6.45) is 3.43. The minimum atomic E-state index is -0.719. The van der Waals surface area contributed by atoms with Gasteiger partial charge in [-0.15, -0.1) is 0 Å². The molecule has 0 bridgehead atoms. The Hall–Kier alpha value is -2.07. The number of aliphatic hydroxyl groups is 1. The van der Waals surface area contributed by atoms with Gasteiger partial charge in [0, 0.05) is 18.2 Å². The SMILES string of the molecule is COc1cnccc1C(O)c1ccc2c(c1)CCO2. The smallest absolute Gasteiger partial charge is 0.143 e. The lowest BCUT2D eigenvalue weighted by Gasteiger charge is -2.15. The molecule has 0 spiro atoms. The van der Waals surface area contributed by atoms with Crippen LogP contribution in [0.4, 0.5) is 0 Å². The van der Waals surface area contributed by atoms with E-state index in [1.165, 1.54) is 0 Å². The van der Waals surface area contributed by atoms with Crippen LogP contribution < -0.4 is 9.47 Å². The van der Waals surface area contributed by atoms with Crippen molar-refractivity contribution in [1.29, 1.82) is 0 Å². The summed E-state index contributed by atoms with van der Waals surface area (Å²) >= 11 is 0. The highest BCUT2D eigenvalue weighted by Crippen LogP contribution is 2.33. The number of hydrogen-bond donors (Lipinski definition) is 1. The van der Waals surface area contributed by atoms with Crippen molar-refractivity contribution in [1.82, 2.24) is 4.98 Å². The summed E-state index contributed by atoms with van der Waals surface area (Å²) in [5.41, 5.74) is 2.70. The summed E-state index contributed by atoms with van der Waals surface area (Å²) in [5.74, 6) is 1.50. The largest absolute Gasteiger partial charge is 0.495 e. The molecule has 2 heterocycles. The normalized spacial score (nSPS) is 14.6. The maximum absolute atomic E-state index is 10.5. The summed E-state index contributed by atoms with van der Waals surface area (Å²) in [4.78, 5) is 3.99. The minimum Gasteiger partial charge on any atom is -0.495 e. The van der Waals surface area contributed by atoms with Crippen LogP contribution in [-0.2, 0) is 6.42 Å². The van der Waals surface area contributed by atoms with Gasteiger partial charge in [0.1, 0.15) is 17.6 Å². The maximum atomic E-state index is 10.5. The maximum Gasteiger partial charge on any atom is 0.143 e. The van der Waals surface area contributed by atoms with Crippen LogP contribution in [-0.4, -0.2) is 23.8 Å². The second kappa shape index (κ2) is 4.90. The molecule has 0 amide bonds. The Bertz CT molecular complexity index is 598. The molecular formula is C15H15NO3. The van der Waals surface area contributed by atoms with Crippen LogP contribution >= 0.6 is 0 Å². The van der Waals surface area contributed by atoms with E-state index < -0.39 is 6.10 Å². The zero-order valence-corrected chi connectivity index (χ0v) is 10.7. The second-order valence-corrected chi connectivity index (χ2v) is 4.49. The first-order valence-corrected chi connectivity index (χ1v) is 6.21. The topological polar surface area (TPSA) is 51.6 Å². The van der Waals surface area contributed by atoms with Crippen LogP contribution in [0.15, 0.2) is 36.7 Å². The Morgan fingerprint density at radius 2 is 2.26 bits per heavy atom. The van der Waals surface area contributed by atoms with Gasteiger partial charge in [0.15, 0.2) is 0 Å². The van der Waals surface area contributed by atoms with Gasteiger partial charge in [-0.3, -0.25) is 4.98 Å². The number of hydrogen-bond acceptors (Lipinski definition) is 4. The molecule has 2 aromatic rings. The first-order valence-electron chi connectivity index (χ1n) is 6.21. The molecule has 3 rings (SSSR count). The quantitative estimate of drug-likeness (QED) is 0.915. The van der Waals surface area contributed by atoms with Crippen molar-refractivity contribution in [3.63, 3.8) is 0 Å². The molecule has 4 heteroatoms. The average Bonchev–Trinajstić information content (AvgIpc) is 2.93. The van der Waals surface area contributed by atoms with Crippen molar-refractivity contribution in [2.24, 2.45) is 0 Å². The number of ether oxygens (including phenoxy) is 2. The highest BCUT2D eigenvalue weighted by Gasteiger charge is 2.19. The fourth-order valence-corrected chi connectivity index (χ4v) is 2.34. The van der Waals surface area contributed by atoms with Crippen molar-refractivity contribution in [2.45, 2.75) is 12.5 Å². The number of methoxy groups -OCH3 is 1. The third kappa shape index (κ3) is 2.15. The number of benzene rings is 1. The highest BCUT2D eigenvalue weighted by molar-refractivity contribution is 5.44. The molecule has 1 atom stereocenters. The van der Waals surface area contributed by atoms with Gasteiger partial charge in [0.25, 0.3) is 0 Å². The van der Waals surface area contributed by atoms with Crippen molar-refractivity contribution in [3.05, 3.63) is 53.3 Å². The molecule has 1 aliphatic rings. The summed E-state index contributed by atoms with van der Waals surface area (Å²) in [6, 6.07) is 7.56. The molecule has 19 heavy (non-hydrogen) atoms. The predicted molar refractivity (Wildman–Crippen MR) is 70.5 cm³/mol. The van der Waals surface area contributed by atoms with E-state index in [2.05, 4.69) is 4.98 Å². The van der Waals surface area contributed by atoms with Crippen molar-refractivity contribution in [3.8, 4) is 11.5 Å². The van der Waals surface area contributed by atoms with Crippen LogP contribution in [0.3, 0.4) is 0 Å². The standard InChI is InChI=1S/C15H15NO3/c1-18-14-9-16-6-4-12(14)15(17)11-2-3-13-10(8-11)5-7-19-13/h2-4,6,8-9,15,17H,5,7H2,1H3. The van der Waals surface area contributed by atoms with Crippen molar-refractivity contribution < 1.29 is 14.6 Å². The van der Waals surface area contributed by atoms with Gasteiger partial charge >= 0.3 is 0 Å². The molecule has 1 aromatic carbocycles. The highest BCUT2D eigenvalue weighted by atomic mass is 16.5. The van der Waals surface area contributed by atoms with Gasteiger partial charge in [-0.1, -0.05) is 6.07 Å². The number of fused-ring (bicyclic) bond motifs is 1. The lowest BCUT2D eigenvalue weighted by molar-refractivity contribution is 0.214. The summed E-state index contributed by atoms with van der Waals surface area (Å²) in [6.45, 7) is 0.716. The Morgan fingerprint density at radius 1 is 1.37 bits per heavy atom. The molecule has 4 nitrogen and oxygen atoms in total. The monoisotopic (exact) mass is 257 g/mol. The molecule has 1 N–H and O–H groups in total. The fraction of sp³-hybridized carbons (Fsp3) is 0.267. The molecule has 1 unspecified atom stereocenters. The van der Waals surface area contributed by atoms with Gasteiger partial charge in [0.2, 0.25) is 0 Å². The van der Waals surface area contributed by atoms with E-state index in [-0.39, 0.29) is 0 Å². The first kappa shape index (κ1) is 12.0. The summed E-state index contributed by atoms with van der Waals surface area (Å²) < 4.78 is 10.7. The van der Waals surface area contributed by atoms with E-state index in [1.54, 1.807) is 25.6 Å². The Balaban J connectivity index is 1.97. The van der Waals surface area contributed by atoms with E-state index in [0.29, 0.717) is 12.4 Å². The van der Waals surface area contributed by atoms with Gasteiger partial charge in [0.05, 0.1) is 19.9 Å². The van der Waals surface area contributed by atoms with Crippen LogP contribution in [0.2, 0.25) is 0 Å². The molecule has 1 aromatic heterocycles. The summed E-state index contributed by atoms with van der Waals surface area (Å²) in [5, 5.41) is 10.5. The summed E-state index contributed by atoms with van der Waals surface area (Å²) in [7, 11) is 1.57. The van der Waals surface area contributed by atoms with Gasteiger partial charge < -0.3 is 14.6 Å². The average molecular weight is 257 g/mol. The third-order valence-electron chi connectivity index (χ3n) is 3.36. The molecule has 0 radical (unpaired) electrons. The van der Waals surface area contributed by atoms with E-state index in [9.17, 15) is 5.11 Å². The molecule has 0 fully saturated rings. The number of rotatable bonds is 3. The minimum absolute atomic E-state index is 0.590. The van der Waals surface area contributed by atoms with E-state index in [4.69, 9.17) is 9.47 Å². The first-order chi connectivity index (χ1) is 9.29. The van der Waals surface area contributed by atoms with Crippen LogP contribution in [0.25, 0.3) is 0 Å². The molecule has 0 saturated carbocycles. The van der Waals surface area contributed by atoms with Crippen molar-refractivity contribution in [2.75, 3.05) is 13.7 Å². The second-order valence-electron chi connectivity index (χ2n) is 4.49. The fourth-order valence-electron chi connectivity index (χ4n) is 2.34. The van der Waals surface area contributed by atoms with Gasteiger partial charge in [-0.05, 0) is 29.3 Å². The van der Waals surface area contributed by atoms with Crippen molar-refractivity contribution >= 4 is 0 Å². The van der Waals surface area contributed by atoms with Crippen LogP contribution in [0.1, 0.15) is 22.8 Å². The zero-order chi connectivity index (χ0) is 13.2. The van der Waals surface area contributed by atoms with Crippen LogP contribution in [0, 0.1) is 0 Å². The number of nitrogens with zero attached hydrogens (tertiary/aromatic N) is 1. The number of pyridine rings is 1. The number of aliphatic hydroxyl groups excluding tert-OH is 1. The molecule has 0 aliphatic carbocycles. The van der Waals surface area contributed by atoms with E-state index >= 15 is 0 Å². The van der Waals surface area contributed by atoms with Gasteiger partial charge in [-0.2, -0.15) is 0 Å². The Labute approximate surface area is 111 Å². The molecule has 0 saturated heterocycles. The number of aromatic nitrogens is 1. The lowest BCUT2D eigenvalue weighted by atomic mass is 9.99. The Morgan fingerprint density at radius 3 is 3.11 bits per heavy atom. The van der Waals surface area contributed by atoms with Crippen LogP contribution in [0.5, 0.6) is 11.5 Å². The van der Waals surface area contributed by atoms with E-state index in [0.717, 1.165) is 28.9 Å². The Kier molecular flexibility index (Phi) is 3.09. The van der Waals surface area contributed by atoms with E-state index in [1.807, 2.05) is 18.2 Å².